The molecule has 2 aromatic rings. The van der Waals surface area contributed by atoms with Gasteiger partial charge in [-0.15, -0.1) is 0 Å². The van der Waals surface area contributed by atoms with E-state index in [1.807, 2.05) is 30.3 Å². The van der Waals surface area contributed by atoms with E-state index in [0.717, 1.165) is 30.5 Å². The smallest absolute Gasteiger partial charge is 0.310 e. The molecule has 1 saturated carbocycles. The fourth-order valence-corrected chi connectivity index (χ4v) is 4.58. The van der Waals surface area contributed by atoms with Gasteiger partial charge in [0.1, 0.15) is 0 Å². The number of fused-ring (bicyclic) bond motifs is 1. The summed E-state index contributed by atoms with van der Waals surface area (Å²) in [6.07, 6.45) is 3.79. The van der Waals surface area contributed by atoms with Crippen LogP contribution in [0.4, 0.5) is 11.4 Å². The highest BCUT2D eigenvalue weighted by Crippen LogP contribution is 2.36. The quantitative estimate of drug-likeness (QED) is 0.731. The zero-order valence-electron chi connectivity index (χ0n) is 17.8. The van der Waals surface area contributed by atoms with E-state index in [1.165, 1.54) is 0 Å². The molecule has 164 valence electrons. The van der Waals surface area contributed by atoms with E-state index in [4.69, 9.17) is 10.00 Å². The molecule has 7 nitrogen and oxygen atoms in total. The van der Waals surface area contributed by atoms with E-state index < -0.39 is 30.3 Å². The summed E-state index contributed by atoms with van der Waals surface area (Å²) >= 11 is 0. The average Bonchev–Trinajstić information content (AvgIpc) is 3.26. The summed E-state index contributed by atoms with van der Waals surface area (Å²) in [5, 5.41) is 11.6. The number of nitrogens with zero attached hydrogens (tertiary/aromatic N) is 2. The fourth-order valence-electron chi connectivity index (χ4n) is 4.58. The van der Waals surface area contributed by atoms with Gasteiger partial charge < -0.3 is 15.0 Å². The lowest BCUT2D eigenvalue weighted by Crippen LogP contribution is -2.42. The molecule has 0 aromatic heterocycles. The van der Waals surface area contributed by atoms with E-state index in [1.54, 1.807) is 29.2 Å². The Hall–Kier alpha value is -3.66. The average molecular weight is 431 g/mol. The van der Waals surface area contributed by atoms with Crippen LogP contribution in [0.5, 0.6) is 0 Å². The number of para-hydroxylation sites is 1. The van der Waals surface area contributed by atoms with Crippen molar-refractivity contribution in [2.24, 2.45) is 11.8 Å². The van der Waals surface area contributed by atoms with Crippen molar-refractivity contribution in [3.63, 3.8) is 0 Å². The minimum atomic E-state index is -0.543. The molecular formula is C25H25N3O4. The van der Waals surface area contributed by atoms with Gasteiger partial charge in [-0.1, -0.05) is 37.1 Å². The standard InChI is InChI=1S/C25H25N3O4/c26-15-17-6-5-8-19(14-17)27-23(29)16-32-25(31)21-10-3-2-9-20(21)24(30)28-13-12-18-7-1-4-11-22(18)28/h1,4-8,11,14,20-21H,2-3,9-10,12-13,16H2,(H,27,29). The lowest BCUT2D eigenvalue weighted by Gasteiger charge is -2.32. The van der Waals surface area contributed by atoms with Crippen molar-refractivity contribution in [3.8, 4) is 6.07 Å². The molecule has 0 saturated heterocycles. The van der Waals surface area contributed by atoms with Crippen LogP contribution >= 0.6 is 0 Å². The molecule has 2 amide bonds. The molecule has 1 heterocycles. The summed E-state index contributed by atoms with van der Waals surface area (Å²) in [6, 6.07) is 16.4. The second-order valence-electron chi connectivity index (χ2n) is 8.21. The number of carbonyl (C=O) groups is 3. The number of benzene rings is 2. The second kappa shape index (κ2) is 9.65. The lowest BCUT2D eigenvalue weighted by molar-refractivity contribution is -0.156. The first-order chi connectivity index (χ1) is 15.6. The van der Waals surface area contributed by atoms with Crippen molar-refractivity contribution in [2.45, 2.75) is 32.1 Å². The summed E-state index contributed by atoms with van der Waals surface area (Å²) in [4.78, 5) is 40.2. The van der Waals surface area contributed by atoms with Gasteiger partial charge in [-0.3, -0.25) is 14.4 Å². The van der Waals surface area contributed by atoms with Gasteiger partial charge in [-0.25, -0.2) is 0 Å². The van der Waals surface area contributed by atoms with Gasteiger partial charge in [0.05, 0.1) is 23.5 Å². The van der Waals surface area contributed by atoms with Crippen LogP contribution in [0.2, 0.25) is 0 Å². The molecule has 2 aliphatic rings. The Kier molecular flexibility index (Phi) is 6.50. The van der Waals surface area contributed by atoms with Crippen molar-refractivity contribution in [1.82, 2.24) is 0 Å². The van der Waals surface area contributed by atoms with E-state index in [9.17, 15) is 14.4 Å². The number of rotatable bonds is 5. The van der Waals surface area contributed by atoms with E-state index in [2.05, 4.69) is 5.32 Å². The number of hydrogen-bond donors (Lipinski definition) is 1. The number of carbonyl (C=O) groups excluding carboxylic acids is 3. The number of nitrogens with one attached hydrogen (secondary N) is 1. The largest absolute Gasteiger partial charge is 0.455 e. The molecule has 4 rings (SSSR count). The topological polar surface area (TPSA) is 99.5 Å². The molecular weight excluding hydrogens is 406 g/mol. The number of esters is 1. The summed E-state index contributed by atoms with van der Waals surface area (Å²) < 4.78 is 5.30. The Bertz CT molecular complexity index is 1070. The van der Waals surface area contributed by atoms with Gasteiger partial charge in [0.25, 0.3) is 5.91 Å². The third kappa shape index (κ3) is 4.65. The molecule has 1 N–H and O–H groups in total. The summed E-state index contributed by atoms with van der Waals surface area (Å²) in [7, 11) is 0. The van der Waals surface area contributed by atoms with Crippen LogP contribution in [0, 0.1) is 23.2 Å². The normalized spacial score (nSPS) is 19.5. The van der Waals surface area contributed by atoms with Crippen LogP contribution in [-0.2, 0) is 25.5 Å². The third-order valence-electron chi connectivity index (χ3n) is 6.16. The Balaban J connectivity index is 1.37. The van der Waals surface area contributed by atoms with Crippen LogP contribution < -0.4 is 10.2 Å². The zero-order chi connectivity index (χ0) is 22.5. The second-order valence-corrected chi connectivity index (χ2v) is 8.21. The summed E-state index contributed by atoms with van der Waals surface area (Å²) in [5.41, 5.74) is 2.96. The van der Waals surface area contributed by atoms with Gasteiger partial charge in [-0.05, 0) is 49.1 Å². The number of ether oxygens (including phenoxy) is 1. The number of hydrogen-bond acceptors (Lipinski definition) is 5. The molecule has 32 heavy (non-hydrogen) atoms. The first-order valence-corrected chi connectivity index (χ1v) is 10.9. The maximum atomic E-state index is 13.3. The van der Waals surface area contributed by atoms with Gasteiger partial charge in [0.15, 0.2) is 6.61 Å². The van der Waals surface area contributed by atoms with E-state index in [-0.39, 0.29) is 5.91 Å². The SMILES string of the molecule is N#Cc1cccc(NC(=O)COC(=O)C2CCCCC2C(=O)N2CCc3ccccc32)c1. The summed E-state index contributed by atoms with van der Waals surface area (Å²) in [5.74, 6) is -2.00. The highest BCUT2D eigenvalue weighted by atomic mass is 16.5. The molecule has 1 aliphatic carbocycles. The van der Waals surface area contributed by atoms with Crippen LogP contribution in [0.3, 0.4) is 0 Å². The molecule has 0 spiro atoms. The fraction of sp³-hybridized carbons (Fsp3) is 0.360. The Labute approximate surface area is 187 Å². The minimum absolute atomic E-state index is 0.0330. The van der Waals surface area contributed by atoms with E-state index >= 15 is 0 Å². The van der Waals surface area contributed by atoms with Crippen LogP contribution in [0.1, 0.15) is 36.8 Å². The van der Waals surface area contributed by atoms with Crippen molar-refractivity contribution in [1.29, 1.82) is 5.26 Å². The Morgan fingerprint density at radius 1 is 1.06 bits per heavy atom. The van der Waals surface area contributed by atoms with Gasteiger partial charge >= 0.3 is 5.97 Å². The van der Waals surface area contributed by atoms with Crippen molar-refractivity contribution in [3.05, 3.63) is 59.7 Å². The molecule has 1 fully saturated rings. The van der Waals surface area contributed by atoms with E-state index in [0.29, 0.717) is 30.6 Å². The summed E-state index contributed by atoms with van der Waals surface area (Å²) in [6.45, 7) is 0.195. The molecule has 2 unspecified atom stereocenters. The first-order valence-electron chi connectivity index (χ1n) is 10.9. The minimum Gasteiger partial charge on any atom is -0.455 e. The Morgan fingerprint density at radius 2 is 1.84 bits per heavy atom. The molecule has 0 bridgehead atoms. The molecule has 1 aliphatic heterocycles. The number of amides is 2. The monoisotopic (exact) mass is 431 g/mol. The predicted molar refractivity (Wildman–Crippen MR) is 119 cm³/mol. The van der Waals surface area contributed by atoms with Gasteiger partial charge in [0.2, 0.25) is 5.91 Å². The third-order valence-corrected chi connectivity index (χ3v) is 6.16. The number of nitriles is 1. The maximum Gasteiger partial charge on any atom is 0.310 e. The number of anilines is 2. The highest BCUT2D eigenvalue weighted by molar-refractivity contribution is 5.99. The van der Waals surface area contributed by atoms with Crippen molar-refractivity contribution >= 4 is 29.2 Å². The van der Waals surface area contributed by atoms with Crippen molar-refractivity contribution in [2.75, 3.05) is 23.4 Å². The Morgan fingerprint density at radius 3 is 2.66 bits per heavy atom. The van der Waals surface area contributed by atoms with Crippen molar-refractivity contribution < 1.29 is 19.1 Å². The zero-order valence-corrected chi connectivity index (χ0v) is 17.8. The van der Waals surface area contributed by atoms with Gasteiger partial charge in [-0.2, -0.15) is 5.26 Å². The molecule has 2 aromatic carbocycles. The predicted octanol–water partition coefficient (Wildman–Crippen LogP) is 3.44. The molecule has 2 atom stereocenters. The highest BCUT2D eigenvalue weighted by Gasteiger charge is 2.40. The lowest BCUT2D eigenvalue weighted by atomic mass is 9.78. The first kappa shape index (κ1) is 21.6. The van der Waals surface area contributed by atoms with Crippen LogP contribution in [-0.4, -0.2) is 30.9 Å². The molecule has 0 radical (unpaired) electrons. The molecule has 7 heteroatoms. The van der Waals surface area contributed by atoms with Crippen LogP contribution in [0.15, 0.2) is 48.5 Å². The van der Waals surface area contributed by atoms with Crippen LogP contribution in [0.25, 0.3) is 0 Å². The maximum absolute atomic E-state index is 13.3. The van der Waals surface area contributed by atoms with Gasteiger partial charge in [0, 0.05) is 17.9 Å².